The molecule has 0 unspecified atom stereocenters. The summed E-state index contributed by atoms with van der Waals surface area (Å²) in [6, 6.07) is 6.47. The molecule has 0 atom stereocenters. The Hall–Kier alpha value is -2.21. The van der Waals surface area contributed by atoms with Crippen LogP contribution in [-0.4, -0.2) is 41.4 Å². The lowest BCUT2D eigenvalue weighted by atomic mass is 10.0. The summed E-state index contributed by atoms with van der Waals surface area (Å²) in [7, 11) is 0. The van der Waals surface area contributed by atoms with Gasteiger partial charge in [-0.1, -0.05) is 18.2 Å². The van der Waals surface area contributed by atoms with Gasteiger partial charge in [0.15, 0.2) is 0 Å². The van der Waals surface area contributed by atoms with Crippen LogP contribution in [0.15, 0.2) is 36.9 Å². The first-order chi connectivity index (χ1) is 10.6. The molecule has 0 radical (unpaired) electrons. The second kappa shape index (κ2) is 7.70. The maximum atomic E-state index is 12.6. The molecule has 1 saturated heterocycles. The van der Waals surface area contributed by atoms with Crippen LogP contribution in [0.2, 0.25) is 0 Å². The van der Waals surface area contributed by atoms with Crippen molar-refractivity contribution >= 4 is 11.6 Å². The van der Waals surface area contributed by atoms with Crippen molar-refractivity contribution < 1.29 is 9.72 Å². The van der Waals surface area contributed by atoms with Gasteiger partial charge in [0.05, 0.1) is 11.3 Å². The Morgan fingerprint density at radius 2 is 2.18 bits per heavy atom. The highest BCUT2D eigenvalue weighted by molar-refractivity contribution is 5.79. The standard InChI is InChI=1S/C16H21N3O3/c1-2-10-18(14-6-8-17-9-7-14)16(20)12-13-4-3-5-15(11-13)19(21)22/h2-5,11,14,17H,1,6-10,12H2. The quantitative estimate of drug-likeness (QED) is 0.495. The van der Waals surface area contributed by atoms with Crippen molar-refractivity contribution in [3.63, 3.8) is 0 Å². The molecule has 0 aliphatic carbocycles. The molecule has 1 N–H and O–H groups in total. The van der Waals surface area contributed by atoms with Crippen LogP contribution in [0.1, 0.15) is 18.4 Å². The second-order valence-electron chi connectivity index (χ2n) is 5.42. The normalized spacial score (nSPS) is 15.3. The third kappa shape index (κ3) is 4.14. The van der Waals surface area contributed by atoms with E-state index in [9.17, 15) is 14.9 Å². The Morgan fingerprint density at radius 3 is 2.82 bits per heavy atom. The van der Waals surface area contributed by atoms with Gasteiger partial charge in [-0.05, 0) is 31.5 Å². The van der Waals surface area contributed by atoms with Gasteiger partial charge in [-0.2, -0.15) is 0 Å². The highest BCUT2D eigenvalue weighted by Gasteiger charge is 2.24. The van der Waals surface area contributed by atoms with Gasteiger partial charge >= 0.3 is 0 Å². The molecule has 22 heavy (non-hydrogen) atoms. The van der Waals surface area contributed by atoms with Crippen molar-refractivity contribution in [2.45, 2.75) is 25.3 Å². The average Bonchev–Trinajstić information content (AvgIpc) is 2.53. The predicted octanol–water partition coefficient (Wildman–Crippen LogP) is 1.90. The van der Waals surface area contributed by atoms with Crippen LogP contribution in [0.5, 0.6) is 0 Å². The van der Waals surface area contributed by atoms with Gasteiger partial charge in [-0.3, -0.25) is 14.9 Å². The Labute approximate surface area is 130 Å². The van der Waals surface area contributed by atoms with Crippen molar-refractivity contribution in [2.75, 3.05) is 19.6 Å². The minimum atomic E-state index is -0.442. The number of hydrogen-bond donors (Lipinski definition) is 1. The highest BCUT2D eigenvalue weighted by atomic mass is 16.6. The van der Waals surface area contributed by atoms with Crippen molar-refractivity contribution in [1.82, 2.24) is 10.2 Å². The van der Waals surface area contributed by atoms with Crippen LogP contribution in [0.3, 0.4) is 0 Å². The van der Waals surface area contributed by atoms with Gasteiger partial charge in [-0.25, -0.2) is 0 Å². The fraction of sp³-hybridized carbons (Fsp3) is 0.438. The zero-order chi connectivity index (χ0) is 15.9. The summed E-state index contributed by atoms with van der Waals surface area (Å²) in [4.78, 5) is 24.8. The van der Waals surface area contributed by atoms with Gasteiger partial charge in [0, 0.05) is 24.7 Å². The highest BCUT2D eigenvalue weighted by Crippen LogP contribution is 2.17. The number of hydrogen-bond acceptors (Lipinski definition) is 4. The summed E-state index contributed by atoms with van der Waals surface area (Å²) in [5.74, 6) is -0.00713. The molecule has 118 valence electrons. The molecule has 0 saturated carbocycles. The minimum absolute atomic E-state index is 0.00713. The molecule has 1 aliphatic heterocycles. The van der Waals surface area contributed by atoms with Gasteiger partial charge in [0.2, 0.25) is 5.91 Å². The smallest absolute Gasteiger partial charge is 0.269 e. The SMILES string of the molecule is C=CCN(C(=O)Cc1cccc([N+](=O)[O-])c1)C1CCNCC1. The molecule has 1 fully saturated rings. The molecule has 0 spiro atoms. The number of non-ortho nitro benzene ring substituents is 1. The van der Waals surface area contributed by atoms with E-state index in [1.54, 1.807) is 18.2 Å². The number of piperidine rings is 1. The predicted molar refractivity (Wildman–Crippen MR) is 84.6 cm³/mol. The van der Waals surface area contributed by atoms with E-state index in [1.165, 1.54) is 12.1 Å². The van der Waals surface area contributed by atoms with Crippen LogP contribution >= 0.6 is 0 Å². The third-order valence-electron chi connectivity index (χ3n) is 3.87. The maximum absolute atomic E-state index is 12.6. The largest absolute Gasteiger partial charge is 0.336 e. The van der Waals surface area contributed by atoms with Crippen molar-refractivity contribution in [1.29, 1.82) is 0 Å². The summed E-state index contributed by atoms with van der Waals surface area (Å²) in [5.41, 5.74) is 0.685. The number of nitrogens with one attached hydrogen (secondary N) is 1. The van der Waals surface area contributed by atoms with E-state index in [2.05, 4.69) is 11.9 Å². The maximum Gasteiger partial charge on any atom is 0.269 e. The van der Waals surface area contributed by atoms with Crippen LogP contribution in [0, 0.1) is 10.1 Å². The summed E-state index contributed by atoms with van der Waals surface area (Å²) in [6.07, 6.45) is 3.76. The minimum Gasteiger partial charge on any atom is -0.336 e. The Morgan fingerprint density at radius 1 is 1.45 bits per heavy atom. The van der Waals surface area contributed by atoms with Gasteiger partial charge in [0.1, 0.15) is 0 Å². The lowest BCUT2D eigenvalue weighted by Crippen LogP contribution is -2.46. The van der Waals surface area contributed by atoms with E-state index < -0.39 is 4.92 Å². The topological polar surface area (TPSA) is 75.5 Å². The van der Waals surface area contributed by atoms with Crippen molar-refractivity contribution in [3.05, 3.63) is 52.6 Å². The van der Waals surface area contributed by atoms with Gasteiger partial charge < -0.3 is 10.2 Å². The third-order valence-corrected chi connectivity index (χ3v) is 3.87. The second-order valence-corrected chi connectivity index (χ2v) is 5.42. The van der Waals surface area contributed by atoms with Gasteiger partial charge in [0.25, 0.3) is 5.69 Å². The molecule has 2 rings (SSSR count). The van der Waals surface area contributed by atoms with E-state index in [0.717, 1.165) is 25.9 Å². The summed E-state index contributed by atoms with van der Waals surface area (Å²) in [5, 5.41) is 14.1. The van der Waals surface area contributed by atoms with E-state index in [-0.39, 0.29) is 24.1 Å². The lowest BCUT2D eigenvalue weighted by molar-refractivity contribution is -0.384. The van der Waals surface area contributed by atoms with Crippen LogP contribution < -0.4 is 5.32 Å². The van der Waals surface area contributed by atoms with Gasteiger partial charge in [-0.15, -0.1) is 6.58 Å². The fourth-order valence-electron chi connectivity index (χ4n) is 2.77. The Kier molecular flexibility index (Phi) is 5.66. The monoisotopic (exact) mass is 303 g/mol. The van der Waals surface area contributed by atoms with E-state index in [1.807, 2.05) is 4.90 Å². The van der Waals surface area contributed by atoms with E-state index >= 15 is 0 Å². The fourth-order valence-corrected chi connectivity index (χ4v) is 2.77. The molecule has 6 heteroatoms. The van der Waals surface area contributed by atoms with Crippen molar-refractivity contribution in [2.24, 2.45) is 0 Å². The Balaban J connectivity index is 2.08. The first-order valence-corrected chi connectivity index (χ1v) is 7.46. The zero-order valence-electron chi connectivity index (χ0n) is 12.5. The number of rotatable bonds is 6. The lowest BCUT2D eigenvalue weighted by Gasteiger charge is -2.34. The molecule has 0 aromatic heterocycles. The van der Waals surface area contributed by atoms with E-state index in [0.29, 0.717) is 12.1 Å². The number of carbonyl (C=O) groups excluding carboxylic acids is 1. The molecule has 1 amide bonds. The number of nitrogens with zero attached hydrogens (tertiary/aromatic N) is 2. The molecule has 1 aliphatic rings. The number of nitro benzene ring substituents is 1. The van der Waals surface area contributed by atoms with Crippen LogP contribution in [0.4, 0.5) is 5.69 Å². The first-order valence-electron chi connectivity index (χ1n) is 7.46. The summed E-state index contributed by atoms with van der Waals surface area (Å²) < 4.78 is 0. The van der Waals surface area contributed by atoms with E-state index in [4.69, 9.17) is 0 Å². The molecule has 6 nitrogen and oxygen atoms in total. The van der Waals surface area contributed by atoms with Crippen LogP contribution in [0.25, 0.3) is 0 Å². The van der Waals surface area contributed by atoms with Crippen molar-refractivity contribution in [3.8, 4) is 0 Å². The number of nitro groups is 1. The Bertz CT molecular complexity index is 553. The molecule has 1 aromatic carbocycles. The molecule has 1 aromatic rings. The molecular formula is C16H21N3O3. The van der Waals surface area contributed by atoms with Crippen LogP contribution in [-0.2, 0) is 11.2 Å². The number of amides is 1. The average molecular weight is 303 g/mol. The summed E-state index contributed by atoms with van der Waals surface area (Å²) in [6.45, 7) is 6.05. The first kappa shape index (κ1) is 16.2. The molecular weight excluding hydrogens is 282 g/mol. The number of benzene rings is 1. The zero-order valence-corrected chi connectivity index (χ0v) is 12.5. The summed E-state index contributed by atoms with van der Waals surface area (Å²) >= 11 is 0. The number of carbonyl (C=O) groups is 1. The molecule has 0 bridgehead atoms. The molecule has 1 heterocycles.